The second-order valence-electron chi connectivity index (χ2n) is 3.42. The van der Waals surface area contributed by atoms with Crippen molar-refractivity contribution in [2.24, 2.45) is 0 Å². The molecule has 1 aromatic heterocycles. The lowest BCUT2D eigenvalue weighted by Gasteiger charge is -2.05. The molecule has 4 nitrogen and oxygen atoms in total. The van der Waals surface area contributed by atoms with Crippen LogP contribution in [0, 0.1) is 0 Å². The summed E-state index contributed by atoms with van der Waals surface area (Å²) in [5, 5.41) is 0. The Labute approximate surface area is 115 Å². The van der Waals surface area contributed by atoms with Gasteiger partial charge in [-0.05, 0) is 40.9 Å². The Morgan fingerprint density at radius 1 is 1.41 bits per heavy atom. The molecule has 1 heterocycles. The first-order valence-corrected chi connectivity index (χ1v) is 8.48. The first-order chi connectivity index (χ1) is 8.06. The minimum Gasteiger partial charge on any atom is -0.381 e. The molecule has 1 N–H and O–H groups in total. The summed E-state index contributed by atoms with van der Waals surface area (Å²) in [6.07, 6.45) is 1.67. The molecule has 17 heavy (non-hydrogen) atoms. The van der Waals surface area contributed by atoms with Crippen LogP contribution in [-0.2, 0) is 14.8 Å². The number of halogens is 1. The third-order valence-corrected chi connectivity index (χ3v) is 5.50. The van der Waals surface area contributed by atoms with Gasteiger partial charge in [0.25, 0.3) is 0 Å². The van der Waals surface area contributed by atoms with Crippen LogP contribution in [0.2, 0.25) is 0 Å². The maximum absolute atomic E-state index is 11.8. The third-order valence-electron chi connectivity index (χ3n) is 1.92. The summed E-state index contributed by atoms with van der Waals surface area (Å²) >= 11 is 4.44. The zero-order valence-electron chi connectivity index (χ0n) is 9.61. The predicted molar refractivity (Wildman–Crippen MR) is 72.9 cm³/mol. The molecular formula is C10H16BrNO3S2. The molecule has 98 valence electrons. The second kappa shape index (κ2) is 7.48. The molecule has 0 spiro atoms. The smallest absolute Gasteiger partial charge is 0.250 e. The van der Waals surface area contributed by atoms with Crippen molar-refractivity contribution < 1.29 is 13.2 Å². The zero-order valence-corrected chi connectivity index (χ0v) is 12.8. The van der Waals surface area contributed by atoms with E-state index in [2.05, 4.69) is 20.7 Å². The van der Waals surface area contributed by atoms with Crippen LogP contribution in [0.3, 0.4) is 0 Å². The monoisotopic (exact) mass is 341 g/mol. The van der Waals surface area contributed by atoms with Crippen molar-refractivity contribution in [2.75, 3.05) is 19.8 Å². The summed E-state index contributed by atoms with van der Waals surface area (Å²) in [6, 6.07) is 3.31. The van der Waals surface area contributed by atoms with Crippen molar-refractivity contribution >= 4 is 37.3 Å². The molecular weight excluding hydrogens is 326 g/mol. The van der Waals surface area contributed by atoms with Gasteiger partial charge in [0, 0.05) is 19.8 Å². The van der Waals surface area contributed by atoms with E-state index in [0.29, 0.717) is 23.8 Å². The van der Waals surface area contributed by atoms with E-state index in [0.717, 1.165) is 16.8 Å². The molecule has 0 bridgehead atoms. The van der Waals surface area contributed by atoms with Crippen LogP contribution in [0.15, 0.2) is 20.1 Å². The number of ether oxygens (including phenoxy) is 1. The van der Waals surface area contributed by atoms with E-state index in [9.17, 15) is 8.42 Å². The first-order valence-electron chi connectivity index (χ1n) is 5.39. The van der Waals surface area contributed by atoms with E-state index in [1.807, 2.05) is 6.92 Å². The Bertz CT molecular complexity index is 431. The van der Waals surface area contributed by atoms with Gasteiger partial charge in [-0.3, -0.25) is 0 Å². The quantitative estimate of drug-likeness (QED) is 0.739. The number of rotatable bonds is 8. The molecule has 0 aliphatic heterocycles. The zero-order chi connectivity index (χ0) is 12.7. The topological polar surface area (TPSA) is 55.4 Å². The fraction of sp³-hybridized carbons (Fsp3) is 0.600. The molecule has 0 saturated carbocycles. The highest BCUT2D eigenvalue weighted by Crippen LogP contribution is 2.25. The largest absolute Gasteiger partial charge is 0.381 e. The Hall–Kier alpha value is 0.0500. The normalized spacial score (nSPS) is 11.9. The number of sulfonamides is 1. The van der Waals surface area contributed by atoms with Gasteiger partial charge in [0.05, 0.1) is 3.79 Å². The molecule has 0 atom stereocenters. The highest BCUT2D eigenvalue weighted by atomic mass is 79.9. The Kier molecular flexibility index (Phi) is 6.65. The average molecular weight is 342 g/mol. The van der Waals surface area contributed by atoms with E-state index < -0.39 is 10.0 Å². The van der Waals surface area contributed by atoms with Gasteiger partial charge in [-0.15, -0.1) is 11.3 Å². The van der Waals surface area contributed by atoms with Crippen molar-refractivity contribution in [1.29, 1.82) is 0 Å². The standard InChI is InChI=1S/C10H16BrNO3S2/c1-2-7-15-8-3-6-12-17(13,14)10-5-4-9(11)16-10/h4-5,12H,2-3,6-8H2,1H3. The van der Waals surface area contributed by atoms with Crippen LogP contribution in [0.5, 0.6) is 0 Å². The Morgan fingerprint density at radius 3 is 2.76 bits per heavy atom. The number of hydrogen-bond donors (Lipinski definition) is 1. The van der Waals surface area contributed by atoms with E-state index in [1.54, 1.807) is 12.1 Å². The maximum Gasteiger partial charge on any atom is 0.250 e. The van der Waals surface area contributed by atoms with E-state index in [4.69, 9.17) is 4.74 Å². The molecule has 1 aromatic rings. The fourth-order valence-electron chi connectivity index (χ4n) is 1.14. The van der Waals surface area contributed by atoms with Gasteiger partial charge < -0.3 is 4.74 Å². The summed E-state index contributed by atoms with van der Waals surface area (Å²) in [4.78, 5) is 0. The summed E-state index contributed by atoms with van der Waals surface area (Å²) in [5.41, 5.74) is 0. The predicted octanol–water partition coefficient (Wildman–Crippen LogP) is 2.61. The van der Waals surface area contributed by atoms with Gasteiger partial charge >= 0.3 is 0 Å². The Balaban J connectivity index is 2.31. The lowest BCUT2D eigenvalue weighted by molar-refractivity contribution is 0.133. The van der Waals surface area contributed by atoms with Crippen molar-refractivity contribution in [3.8, 4) is 0 Å². The summed E-state index contributed by atoms with van der Waals surface area (Å²) in [7, 11) is -3.35. The molecule has 7 heteroatoms. The molecule has 0 fully saturated rings. The van der Waals surface area contributed by atoms with Crippen molar-refractivity contribution in [3.05, 3.63) is 15.9 Å². The van der Waals surface area contributed by atoms with Gasteiger partial charge in [0.1, 0.15) is 4.21 Å². The minimum absolute atomic E-state index is 0.332. The highest BCUT2D eigenvalue weighted by Gasteiger charge is 2.15. The van der Waals surface area contributed by atoms with Gasteiger partial charge in [0.15, 0.2) is 0 Å². The molecule has 1 rings (SSSR count). The molecule has 0 radical (unpaired) electrons. The first kappa shape index (κ1) is 15.1. The molecule has 0 aromatic carbocycles. The fourth-order valence-corrected chi connectivity index (χ4v) is 4.27. The average Bonchev–Trinajstić information content (AvgIpc) is 2.71. The van der Waals surface area contributed by atoms with Crippen LogP contribution < -0.4 is 4.72 Å². The van der Waals surface area contributed by atoms with Crippen LogP contribution in [0.1, 0.15) is 19.8 Å². The lowest BCUT2D eigenvalue weighted by Crippen LogP contribution is -2.24. The highest BCUT2D eigenvalue weighted by molar-refractivity contribution is 9.11. The number of thiophene rings is 1. The summed E-state index contributed by atoms with van der Waals surface area (Å²) in [6.45, 7) is 3.76. The molecule has 0 aliphatic carbocycles. The minimum atomic E-state index is -3.35. The van der Waals surface area contributed by atoms with Gasteiger partial charge in [0.2, 0.25) is 10.0 Å². The summed E-state index contributed by atoms with van der Waals surface area (Å²) in [5.74, 6) is 0. The second-order valence-corrected chi connectivity index (χ2v) is 7.88. The third kappa shape index (κ3) is 5.48. The number of nitrogens with one attached hydrogen (secondary N) is 1. The maximum atomic E-state index is 11.8. The number of hydrogen-bond acceptors (Lipinski definition) is 4. The Morgan fingerprint density at radius 2 is 2.18 bits per heavy atom. The van der Waals surface area contributed by atoms with E-state index in [-0.39, 0.29) is 0 Å². The van der Waals surface area contributed by atoms with Crippen LogP contribution in [0.4, 0.5) is 0 Å². The van der Waals surface area contributed by atoms with Crippen LogP contribution in [-0.4, -0.2) is 28.2 Å². The molecule has 0 unspecified atom stereocenters. The van der Waals surface area contributed by atoms with Gasteiger partial charge in [-0.1, -0.05) is 6.92 Å². The molecule has 0 amide bonds. The van der Waals surface area contributed by atoms with E-state index in [1.165, 1.54) is 11.3 Å². The molecule has 0 saturated heterocycles. The lowest BCUT2D eigenvalue weighted by atomic mass is 10.4. The van der Waals surface area contributed by atoms with E-state index >= 15 is 0 Å². The summed E-state index contributed by atoms with van der Waals surface area (Å²) < 4.78 is 32.5. The van der Waals surface area contributed by atoms with Crippen LogP contribution >= 0.6 is 27.3 Å². The molecule has 0 aliphatic rings. The van der Waals surface area contributed by atoms with Gasteiger partial charge in [-0.25, -0.2) is 13.1 Å². The van der Waals surface area contributed by atoms with Crippen molar-refractivity contribution in [3.63, 3.8) is 0 Å². The van der Waals surface area contributed by atoms with Crippen LogP contribution in [0.25, 0.3) is 0 Å². The van der Waals surface area contributed by atoms with Crippen molar-refractivity contribution in [2.45, 2.75) is 24.0 Å². The SMILES string of the molecule is CCCOCCCNS(=O)(=O)c1ccc(Br)s1. The van der Waals surface area contributed by atoms with Gasteiger partial charge in [-0.2, -0.15) is 0 Å². The van der Waals surface area contributed by atoms with Crippen molar-refractivity contribution in [1.82, 2.24) is 4.72 Å².